The molecule has 0 aromatic heterocycles. The van der Waals surface area contributed by atoms with Crippen molar-refractivity contribution in [2.75, 3.05) is 24.4 Å². The number of fused-ring (bicyclic) bond motifs is 3. The Morgan fingerprint density at radius 1 is 1.09 bits per heavy atom. The zero-order valence-corrected chi connectivity index (χ0v) is 19.7. The molecule has 182 valence electrons. The SMILES string of the molecule is O=C(C[C@H]1C[C@H]2c3cc(NS(=O)(=O)c4ccccc4)ccc3O[C@H]2[C@@H](CO)O1)N1CCCCC1. The summed E-state index contributed by atoms with van der Waals surface area (Å²) in [6, 6.07) is 13.4. The molecule has 3 aliphatic heterocycles. The average molecular weight is 487 g/mol. The van der Waals surface area contributed by atoms with Crippen LogP contribution in [0.4, 0.5) is 5.69 Å². The van der Waals surface area contributed by atoms with E-state index in [0.717, 1.165) is 37.9 Å². The third-order valence-electron chi connectivity index (χ3n) is 6.92. The van der Waals surface area contributed by atoms with Crippen LogP contribution in [-0.2, 0) is 19.6 Å². The van der Waals surface area contributed by atoms with E-state index in [1.54, 1.807) is 48.5 Å². The molecule has 0 bridgehead atoms. The van der Waals surface area contributed by atoms with E-state index in [4.69, 9.17) is 9.47 Å². The summed E-state index contributed by atoms with van der Waals surface area (Å²) in [7, 11) is -3.72. The van der Waals surface area contributed by atoms with Crippen molar-refractivity contribution in [3.8, 4) is 5.75 Å². The number of sulfonamides is 1. The zero-order valence-electron chi connectivity index (χ0n) is 18.9. The lowest BCUT2D eigenvalue weighted by Gasteiger charge is -2.38. The Morgan fingerprint density at radius 2 is 1.85 bits per heavy atom. The lowest BCUT2D eigenvalue weighted by molar-refractivity contribution is -0.149. The normalized spacial score (nSPS) is 26.3. The highest BCUT2D eigenvalue weighted by atomic mass is 32.2. The predicted octanol–water partition coefficient (Wildman–Crippen LogP) is 2.88. The van der Waals surface area contributed by atoms with Crippen LogP contribution in [0.3, 0.4) is 0 Å². The molecule has 0 saturated carbocycles. The summed E-state index contributed by atoms with van der Waals surface area (Å²) in [6.07, 6.45) is 2.82. The highest BCUT2D eigenvalue weighted by Crippen LogP contribution is 2.47. The molecular formula is C25H30N2O6S. The predicted molar refractivity (Wildman–Crippen MR) is 126 cm³/mol. The number of benzene rings is 2. The highest BCUT2D eigenvalue weighted by molar-refractivity contribution is 7.92. The van der Waals surface area contributed by atoms with Crippen LogP contribution in [0.25, 0.3) is 0 Å². The van der Waals surface area contributed by atoms with E-state index < -0.39 is 16.1 Å². The molecule has 2 fully saturated rings. The van der Waals surface area contributed by atoms with Crippen molar-refractivity contribution in [1.82, 2.24) is 4.90 Å². The number of likely N-dealkylation sites (tertiary alicyclic amines) is 1. The first kappa shape index (κ1) is 23.1. The van der Waals surface area contributed by atoms with Gasteiger partial charge in [-0.1, -0.05) is 18.2 Å². The quantitative estimate of drug-likeness (QED) is 0.651. The van der Waals surface area contributed by atoms with Gasteiger partial charge in [-0.3, -0.25) is 9.52 Å². The molecule has 8 nitrogen and oxygen atoms in total. The van der Waals surface area contributed by atoms with Crippen molar-refractivity contribution in [2.24, 2.45) is 0 Å². The van der Waals surface area contributed by atoms with Gasteiger partial charge in [0.15, 0.2) is 0 Å². The lowest BCUT2D eigenvalue weighted by atomic mass is 9.84. The van der Waals surface area contributed by atoms with Gasteiger partial charge >= 0.3 is 0 Å². The fourth-order valence-corrected chi connectivity index (χ4v) is 6.30. The van der Waals surface area contributed by atoms with Gasteiger partial charge in [0, 0.05) is 30.3 Å². The lowest BCUT2D eigenvalue weighted by Crippen LogP contribution is -2.48. The molecule has 0 spiro atoms. The summed E-state index contributed by atoms with van der Waals surface area (Å²) in [5.41, 5.74) is 1.32. The van der Waals surface area contributed by atoms with Crippen LogP contribution in [-0.4, -0.2) is 62.3 Å². The number of nitrogens with zero attached hydrogens (tertiary/aromatic N) is 1. The van der Waals surface area contributed by atoms with E-state index in [2.05, 4.69) is 4.72 Å². The second-order valence-corrected chi connectivity index (χ2v) is 10.9. The topological polar surface area (TPSA) is 105 Å². The highest BCUT2D eigenvalue weighted by Gasteiger charge is 2.46. The fourth-order valence-electron chi connectivity index (χ4n) is 5.23. The largest absolute Gasteiger partial charge is 0.487 e. The second-order valence-electron chi connectivity index (χ2n) is 9.22. The van der Waals surface area contributed by atoms with E-state index in [1.807, 2.05) is 4.90 Å². The summed E-state index contributed by atoms with van der Waals surface area (Å²) in [5.74, 6) is 0.646. The minimum Gasteiger partial charge on any atom is -0.487 e. The standard InChI is InChI=1S/C25H30N2O6S/c28-16-23-25-21(14-18(32-23)15-24(29)27-11-5-2-6-12-27)20-13-17(9-10-22(20)33-25)26-34(30,31)19-7-3-1-4-8-19/h1,3-4,7-10,13,18,21,23,25-26,28H,2,5-6,11-12,14-16H2/t18-,21+,23-,25-/m1/s1. The Kier molecular flexibility index (Phi) is 6.50. The number of rotatable bonds is 6. The minimum atomic E-state index is -3.72. The van der Waals surface area contributed by atoms with Crippen LogP contribution in [0.2, 0.25) is 0 Å². The summed E-state index contributed by atoms with van der Waals surface area (Å²) >= 11 is 0. The zero-order chi connectivity index (χ0) is 23.7. The monoisotopic (exact) mass is 486 g/mol. The maximum Gasteiger partial charge on any atom is 0.261 e. The number of aliphatic hydroxyl groups is 1. The molecule has 1 amide bonds. The molecule has 5 rings (SSSR count). The van der Waals surface area contributed by atoms with Gasteiger partial charge in [0.2, 0.25) is 5.91 Å². The number of anilines is 1. The van der Waals surface area contributed by atoms with E-state index in [1.165, 1.54) is 0 Å². The molecule has 3 heterocycles. The van der Waals surface area contributed by atoms with Gasteiger partial charge < -0.3 is 19.5 Å². The van der Waals surface area contributed by atoms with Gasteiger partial charge in [-0.25, -0.2) is 8.42 Å². The number of hydrogen-bond acceptors (Lipinski definition) is 6. The first-order valence-electron chi connectivity index (χ1n) is 11.9. The molecule has 2 aromatic carbocycles. The van der Waals surface area contributed by atoms with Crippen molar-refractivity contribution >= 4 is 21.6 Å². The summed E-state index contributed by atoms with van der Waals surface area (Å²) in [5, 5.41) is 9.96. The van der Waals surface area contributed by atoms with Crippen LogP contribution in [0, 0.1) is 0 Å². The molecule has 0 unspecified atom stereocenters. The number of carbonyl (C=O) groups excluding carboxylic acids is 1. The molecule has 2 N–H and O–H groups in total. The van der Waals surface area contributed by atoms with Gasteiger partial charge in [-0.05, 0) is 56.0 Å². The van der Waals surface area contributed by atoms with E-state index in [9.17, 15) is 18.3 Å². The number of aliphatic hydroxyl groups excluding tert-OH is 1. The van der Waals surface area contributed by atoms with Crippen LogP contribution in [0.15, 0.2) is 53.4 Å². The van der Waals surface area contributed by atoms with Gasteiger partial charge in [0.1, 0.15) is 18.0 Å². The summed E-state index contributed by atoms with van der Waals surface area (Å²) < 4.78 is 40.4. The Bertz CT molecular complexity index is 1130. The van der Waals surface area contributed by atoms with Gasteiger partial charge in [-0.2, -0.15) is 0 Å². The number of hydrogen-bond donors (Lipinski definition) is 2. The van der Waals surface area contributed by atoms with Gasteiger partial charge in [-0.15, -0.1) is 0 Å². The summed E-state index contributed by atoms with van der Waals surface area (Å²) in [6.45, 7) is 1.37. The number of piperidine rings is 1. The molecular weight excluding hydrogens is 456 g/mol. The Labute approximate surface area is 199 Å². The maximum absolute atomic E-state index is 12.8. The third kappa shape index (κ3) is 4.64. The maximum atomic E-state index is 12.8. The van der Waals surface area contributed by atoms with Crippen molar-refractivity contribution in [1.29, 1.82) is 0 Å². The second kappa shape index (κ2) is 9.56. The fraction of sp³-hybridized carbons (Fsp3) is 0.480. The smallest absolute Gasteiger partial charge is 0.261 e. The Balaban J connectivity index is 1.34. The third-order valence-corrected chi connectivity index (χ3v) is 8.31. The van der Waals surface area contributed by atoms with Crippen molar-refractivity contribution in [3.05, 3.63) is 54.1 Å². The number of amides is 1. The first-order valence-corrected chi connectivity index (χ1v) is 13.4. The first-order chi connectivity index (χ1) is 16.4. The summed E-state index contributed by atoms with van der Waals surface area (Å²) in [4.78, 5) is 14.9. The molecule has 0 aliphatic carbocycles. The minimum absolute atomic E-state index is 0.0864. The molecule has 9 heteroatoms. The number of ether oxygens (including phenoxy) is 2. The molecule has 3 aliphatic rings. The molecule has 34 heavy (non-hydrogen) atoms. The van der Waals surface area contributed by atoms with Gasteiger partial charge in [0.05, 0.1) is 24.0 Å². The molecule has 2 saturated heterocycles. The number of carbonyl (C=O) groups is 1. The molecule has 2 aromatic rings. The van der Waals surface area contributed by atoms with Crippen molar-refractivity contribution < 1.29 is 27.8 Å². The number of nitrogens with one attached hydrogen (secondary N) is 1. The average Bonchev–Trinajstić information content (AvgIpc) is 3.22. The van der Waals surface area contributed by atoms with Gasteiger partial charge in [0.25, 0.3) is 10.0 Å². The molecule has 0 radical (unpaired) electrons. The van der Waals surface area contributed by atoms with Crippen LogP contribution < -0.4 is 9.46 Å². The molecule has 4 atom stereocenters. The Morgan fingerprint density at radius 3 is 2.59 bits per heavy atom. The van der Waals surface area contributed by atoms with E-state index in [0.29, 0.717) is 17.9 Å². The van der Waals surface area contributed by atoms with E-state index >= 15 is 0 Å². The van der Waals surface area contributed by atoms with Crippen LogP contribution in [0.5, 0.6) is 5.75 Å². The van der Waals surface area contributed by atoms with Crippen LogP contribution >= 0.6 is 0 Å². The Hall–Kier alpha value is -2.62. The van der Waals surface area contributed by atoms with E-state index in [-0.39, 0.29) is 42.0 Å². The van der Waals surface area contributed by atoms with Crippen LogP contribution in [0.1, 0.15) is 43.6 Å². The van der Waals surface area contributed by atoms with Crippen molar-refractivity contribution in [2.45, 2.75) is 61.2 Å². The van der Waals surface area contributed by atoms with Crippen molar-refractivity contribution in [3.63, 3.8) is 0 Å².